The lowest BCUT2D eigenvalue weighted by atomic mass is 9.85. The number of β-amino-alcohol motifs (C(OH)–C–C–N with tert-alkyl or cyclic N) is 1. The summed E-state index contributed by atoms with van der Waals surface area (Å²) in [6.45, 7) is 17.3. The van der Waals surface area contributed by atoms with Gasteiger partial charge in [0, 0.05) is 65.5 Å². The highest BCUT2D eigenvalue weighted by Gasteiger charge is 2.44. The van der Waals surface area contributed by atoms with Crippen LogP contribution in [0.15, 0.2) is 29.8 Å². The van der Waals surface area contributed by atoms with Crippen LogP contribution in [0.1, 0.15) is 58.2 Å². The molecule has 0 aliphatic carbocycles. The lowest BCUT2D eigenvalue weighted by Gasteiger charge is -2.35. The third-order valence-electron chi connectivity index (χ3n) is 8.89. The molecular formula is C37H61N7O6S. The standard InChI is InChI=1S/C37H61N7O6S/c1-7-43(17-15-38-6)18-16-39-14-8-19-49-20-9-21-50-25-32(46)42-34(37(3,4)5)36(48)44-24-30(45)22-31(44)35(47)40-23-28-10-12-29(13-11-28)33-27(2)41-26-51-33/h10-13,26,30-31,34,38-39,45H,7-9,14-25H2,1-6H3,(H,40,47)(H,42,46)/t30-,31+,34-/m1/s1. The third-order valence-corrected chi connectivity index (χ3v) is 9.87. The maximum absolute atomic E-state index is 13.8. The minimum absolute atomic E-state index is 0.0171. The van der Waals surface area contributed by atoms with Crippen LogP contribution in [0, 0.1) is 12.3 Å². The number of rotatable bonds is 23. The molecule has 3 amide bonds. The number of amides is 3. The molecule has 5 N–H and O–H groups in total. The van der Waals surface area contributed by atoms with Gasteiger partial charge in [-0.1, -0.05) is 52.0 Å². The normalized spacial score (nSPS) is 16.8. The van der Waals surface area contributed by atoms with Crippen molar-refractivity contribution in [2.45, 2.75) is 78.6 Å². The summed E-state index contributed by atoms with van der Waals surface area (Å²) in [5, 5.41) is 22.9. The van der Waals surface area contributed by atoms with Crippen molar-refractivity contribution in [1.82, 2.24) is 36.1 Å². The van der Waals surface area contributed by atoms with Crippen molar-refractivity contribution in [2.24, 2.45) is 5.41 Å². The highest BCUT2D eigenvalue weighted by molar-refractivity contribution is 7.13. The van der Waals surface area contributed by atoms with Gasteiger partial charge in [-0.15, -0.1) is 11.3 Å². The molecule has 0 unspecified atom stereocenters. The summed E-state index contributed by atoms with van der Waals surface area (Å²) in [6, 6.07) is 6.15. The summed E-state index contributed by atoms with van der Waals surface area (Å²) in [6.07, 6.45) is 0.863. The first-order valence-corrected chi connectivity index (χ1v) is 19.1. The molecule has 2 heterocycles. The Bertz CT molecular complexity index is 1340. The summed E-state index contributed by atoms with van der Waals surface area (Å²) < 4.78 is 11.3. The molecule has 1 aromatic carbocycles. The van der Waals surface area contributed by atoms with E-state index in [1.807, 2.05) is 64.5 Å². The monoisotopic (exact) mass is 731 g/mol. The molecule has 3 rings (SSSR count). The third kappa shape index (κ3) is 14.5. The van der Waals surface area contributed by atoms with Crippen molar-refractivity contribution in [3.63, 3.8) is 0 Å². The summed E-state index contributed by atoms with van der Waals surface area (Å²) in [5.74, 6) is -1.17. The van der Waals surface area contributed by atoms with Gasteiger partial charge in [0.25, 0.3) is 0 Å². The molecule has 3 atom stereocenters. The molecule has 1 saturated heterocycles. The second-order valence-corrected chi connectivity index (χ2v) is 15.0. The van der Waals surface area contributed by atoms with E-state index in [2.05, 4.69) is 38.1 Å². The van der Waals surface area contributed by atoms with Crippen LogP contribution in [-0.4, -0.2) is 135 Å². The summed E-state index contributed by atoms with van der Waals surface area (Å²) in [5.41, 5.74) is 4.12. The van der Waals surface area contributed by atoms with Crippen LogP contribution in [-0.2, 0) is 30.4 Å². The number of aliphatic hydroxyl groups excluding tert-OH is 1. The maximum atomic E-state index is 13.8. The van der Waals surface area contributed by atoms with E-state index in [1.165, 1.54) is 4.90 Å². The van der Waals surface area contributed by atoms with Gasteiger partial charge < -0.3 is 45.6 Å². The molecule has 14 heteroatoms. The van der Waals surface area contributed by atoms with E-state index in [0.29, 0.717) is 26.2 Å². The van der Waals surface area contributed by atoms with Crippen LogP contribution in [0.5, 0.6) is 0 Å². The number of nitrogens with zero attached hydrogens (tertiary/aromatic N) is 3. The molecule has 0 saturated carbocycles. The number of aliphatic hydroxyl groups is 1. The second kappa shape index (κ2) is 22.2. The number of aromatic nitrogens is 1. The molecule has 1 fully saturated rings. The molecule has 2 aromatic rings. The Kier molecular flexibility index (Phi) is 18.4. The predicted molar refractivity (Wildman–Crippen MR) is 201 cm³/mol. The minimum atomic E-state index is -0.910. The SMILES string of the molecule is CCN(CCNC)CCNCCCOCCCOCC(=O)N[C@H](C(=O)N1C[C@H](O)C[C@H]1C(=O)NCc1ccc(-c2scnc2C)cc1)C(C)(C)C. The average Bonchev–Trinajstić information content (AvgIpc) is 3.72. The number of hydrogen-bond donors (Lipinski definition) is 5. The maximum Gasteiger partial charge on any atom is 0.246 e. The number of nitrogens with one attached hydrogen (secondary N) is 4. The van der Waals surface area contributed by atoms with Crippen molar-refractivity contribution in [1.29, 1.82) is 0 Å². The topological polar surface area (TPSA) is 157 Å². The molecule has 1 aromatic heterocycles. The van der Waals surface area contributed by atoms with Crippen molar-refractivity contribution >= 4 is 29.1 Å². The van der Waals surface area contributed by atoms with Gasteiger partial charge in [-0.25, -0.2) is 4.98 Å². The van der Waals surface area contributed by atoms with Gasteiger partial charge in [-0.05, 0) is 56.4 Å². The Labute approximate surface area is 308 Å². The number of likely N-dealkylation sites (tertiary alicyclic amines) is 1. The van der Waals surface area contributed by atoms with E-state index in [-0.39, 0.29) is 32.0 Å². The van der Waals surface area contributed by atoms with Crippen LogP contribution in [0.3, 0.4) is 0 Å². The zero-order chi connectivity index (χ0) is 37.2. The van der Waals surface area contributed by atoms with E-state index in [1.54, 1.807) is 11.3 Å². The highest BCUT2D eigenvalue weighted by Crippen LogP contribution is 2.28. The number of carbonyl (C=O) groups is 3. The van der Waals surface area contributed by atoms with Gasteiger partial charge in [0.1, 0.15) is 18.7 Å². The van der Waals surface area contributed by atoms with Crippen molar-refractivity contribution in [3.8, 4) is 10.4 Å². The van der Waals surface area contributed by atoms with E-state index < -0.39 is 35.4 Å². The lowest BCUT2D eigenvalue weighted by molar-refractivity contribution is -0.144. The molecule has 1 aliphatic rings. The first-order valence-electron chi connectivity index (χ1n) is 18.2. The van der Waals surface area contributed by atoms with Gasteiger partial charge in [0.15, 0.2) is 0 Å². The van der Waals surface area contributed by atoms with Crippen molar-refractivity contribution in [3.05, 3.63) is 41.0 Å². The van der Waals surface area contributed by atoms with E-state index >= 15 is 0 Å². The lowest BCUT2D eigenvalue weighted by Crippen LogP contribution is -2.58. The fraction of sp³-hybridized carbons (Fsp3) is 0.676. The number of hydrogen-bond acceptors (Lipinski definition) is 11. The average molecular weight is 732 g/mol. The van der Waals surface area contributed by atoms with E-state index in [9.17, 15) is 19.5 Å². The fourth-order valence-electron chi connectivity index (χ4n) is 5.87. The summed E-state index contributed by atoms with van der Waals surface area (Å²) in [7, 11) is 1.97. The van der Waals surface area contributed by atoms with Crippen LogP contribution < -0.4 is 21.3 Å². The predicted octanol–water partition coefficient (Wildman–Crippen LogP) is 2.17. The number of likely N-dealkylation sites (N-methyl/N-ethyl adjacent to an activating group) is 2. The quantitative estimate of drug-likeness (QED) is 0.107. The van der Waals surface area contributed by atoms with Gasteiger partial charge in [-0.3, -0.25) is 14.4 Å². The molecule has 13 nitrogen and oxygen atoms in total. The number of benzene rings is 1. The second-order valence-electron chi connectivity index (χ2n) is 14.1. The molecule has 51 heavy (non-hydrogen) atoms. The molecule has 0 radical (unpaired) electrons. The zero-order valence-electron chi connectivity index (χ0n) is 31.5. The highest BCUT2D eigenvalue weighted by atomic mass is 32.1. The van der Waals surface area contributed by atoms with Crippen molar-refractivity contribution < 1.29 is 29.0 Å². The van der Waals surface area contributed by atoms with Crippen LogP contribution >= 0.6 is 11.3 Å². The molecule has 1 aliphatic heterocycles. The Morgan fingerprint density at radius 3 is 2.43 bits per heavy atom. The first kappa shape index (κ1) is 42.4. The zero-order valence-corrected chi connectivity index (χ0v) is 32.3. The Hall–Kier alpha value is -2.98. The van der Waals surface area contributed by atoms with Gasteiger partial charge in [0.2, 0.25) is 17.7 Å². The van der Waals surface area contributed by atoms with Crippen molar-refractivity contribution in [2.75, 3.05) is 79.3 Å². The number of thiazole rings is 1. The Morgan fingerprint density at radius 1 is 1.06 bits per heavy atom. The first-order chi connectivity index (χ1) is 24.4. The largest absolute Gasteiger partial charge is 0.391 e. The van der Waals surface area contributed by atoms with Gasteiger partial charge in [-0.2, -0.15) is 0 Å². The number of carbonyl (C=O) groups excluding carboxylic acids is 3. The minimum Gasteiger partial charge on any atom is -0.391 e. The van der Waals surface area contributed by atoms with Crippen LogP contribution in [0.2, 0.25) is 0 Å². The molecule has 0 bridgehead atoms. The fourth-order valence-corrected chi connectivity index (χ4v) is 6.68. The Morgan fingerprint density at radius 2 is 1.76 bits per heavy atom. The van der Waals surface area contributed by atoms with Crippen LogP contribution in [0.25, 0.3) is 10.4 Å². The Balaban J connectivity index is 1.36. The van der Waals surface area contributed by atoms with Crippen LogP contribution in [0.4, 0.5) is 0 Å². The summed E-state index contributed by atoms with van der Waals surface area (Å²) in [4.78, 5) is 49.2. The van der Waals surface area contributed by atoms with E-state index in [0.717, 1.165) is 67.4 Å². The van der Waals surface area contributed by atoms with Gasteiger partial charge in [0.05, 0.1) is 22.2 Å². The van der Waals surface area contributed by atoms with E-state index in [4.69, 9.17) is 9.47 Å². The molecule has 286 valence electrons. The van der Waals surface area contributed by atoms with Gasteiger partial charge >= 0.3 is 0 Å². The number of ether oxygens (including phenoxy) is 2. The molecule has 0 spiro atoms. The number of aryl methyl sites for hydroxylation is 1. The summed E-state index contributed by atoms with van der Waals surface area (Å²) >= 11 is 1.58. The smallest absolute Gasteiger partial charge is 0.246 e. The molecular weight excluding hydrogens is 671 g/mol.